The predicted molar refractivity (Wildman–Crippen MR) is 76.6 cm³/mol. The number of carbonyl (C=O) groups is 2. The van der Waals surface area contributed by atoms with Gasteiger partial charge in [0.2, 0.25) is 0 Å². The van der Waals surface area contributed by atoms with Crippen molar-refractivity contribution >= 4 is 12.0 Å². The predicted octanol–water partition coefficient (Wildman–Crippen LogP) is 2.56. The van der Waals surface area contributed by atoms with Gasteiger partial charge in [-0.15, -0.1) is 0 Å². The molecule has 2 rings (SSSR count). The molecule has 0 aromatic heterocycles. The van der Waals surface area contributed by atoms with Crippen molar-refractivity contribution in [2.75, 3.05) is 13.1 Å². The van der Waals surface area contributed by atoms with E-state index in [1.54, 1.807) is 4.90 Å². The number of urea groups is 1. The van der Waals surface area contributed by atoms with E-state index in [1.165, 1.54) is 19.3 Å². The molecule has 2 aliphatic rings. The Kier molecular flexibility index (Phi) is 4.89. The second kappa shape index (κ2) is 6.46. The van der Waals surface area contributed by atoms with Crippen LogP contribution in [0.15, 0.2) is 0 Å². The number of aliphatic carboxylic acids is 1. The number of hydrogen-bond donors (Lipinski definition) is 1. The Labute approximate surface area is 120 Å². The number of amides is 2. The number of hydrogen-bond acceptors (Lipinski definition) is 2. The fourth-order valence-corrected chi connectivity index (χ4v) is 3.40. The molecular formula is C15H26N2O3. The van der Waals surface area contributed by atoms with Crippen LogP contribution in [0, 0.1) is 5.92 Å². The average molecular weight is 282 g/mol. The van der Waals surface area contributed by atoms with Crippen LogP contribution in [0.2, 0.25) is 0 Å². The molecule has 5 nitrogen and oxygen atoms in total. The van der Waals surface area contributed by atoms with Crippen LogP contribution >= 0.6 is 0 Å². The summed E-state index contributed by atoms with van der Waals surface area (Å²) in [7, 11) is 0. The standard InChI is InChI=1S/C15H26N2O3/c1-11(2)10-13(14(18)19)17-9-8-16(15(17)20)12-6-4-3-5-7-12/h11-13H,3-10H2,1-2H3,(H,18,19)/t13-/m1/s1. The molecule has 0 spiro atoms. The van der Waals surface area contributed by atoms with Gasteiger partial charge >= 0.3 is 12.0 Å². The Morgan fingerprint density at radius 1 is 1.25 bits per heavy atom. The van der Waals surface area contributed by atoms with Crippen LogP contribution in [-0.2, 0) is 4.79 Å². The van der Waals surface area contributed by atoms with Crippen molar-refractivity contribution in [1.29, 1.82) is 0 Å². The van der Waals surface area contributed by atoms with Gasteiger partial charge < -0.3 is 14.9 Å². The van der Waals surface area contributed by atoms with Crippen molar-refractivity contribution < 1.29 is 14.7 Å². The Hall–Kier alpha value is -1.26. The summed E-state index contributed by atoms with van der Waals surface area (Å²) in [6.07, 6.45) is 6.29. The number of carboxylic acids is 1. The minimum Gasteiger partial charge on any atom is -0.480 e. The SMILES string of the molecule is CC(C)C[C@H](C(=O)O)N1CCN(C2CCCCC2)C1=O. The van der Waals surface area contributed by atoms with Gasteiger partial charge in [-0.2, -0.15) is 0 Å². The normalized spacial score (nSPS) is 22.6. The summed E-state index contributed by atoms with van der Waals surface area (Å²) in [5.74, 6) is -0.606. The minimum atomic E-state index is -0.877. The first kappa shape index (κ1) is 15.1. The number of rotatable bonds is 5. The van der Waals surface area contributed by atoms with Gasteiger partial charge in [0.05, 0.1) is 0 Å². The minimum absolute atomic E-state index is 0.0649. The zero-order chi connectivity index (χ0) is 14.7. The monoisotopic (exact) mass is 282 g/mol. The second-order valence-corrected chi connectivity index (χ2v) is 6.44. The van der Waals surface area contributed by atoms with Crippen LogP contribution in [0.4, 0.5) is 4.79 Å². The summed E-state index contributed by atoms with van der Waals surface area (Å²) in [5, 5.41) is 9.38. The molecule has 1 aliphatic carbocycles. The molecule has 1 N–H and O–H groups in total. The Bertz CT molecular complexity index is 364. The van der Waals surface area contributed by atoms with E-state index < -0.39 is 12.0 Å². The maximum absolute atomic E-state index is 12.5. The summed E-state index contributed by atoms with van der Waals surface area (Å²) in [6.45, 7) is 5.23. The Morgan fingerprint density at radius 3 is 2.45 bits per heavy atom. The summed E-state index contributed by atoms with van der Waals surface area (Å²) >= 11 is 0. The third kappa shape index (κ3) is 3.25. The quantitative estimate of drug-likeness (QED) is 0.843. The van der Waals surface area contributed by atoms with Crippen molar-refractivity contribution in [2.24, 2.45) is 5.92 Å². The van der Waals surface area contributed by atoms with Gasteiger partial charge in [0.25, 0.3) is 0 Å². The molecule has 1 aliphatic heterocycles. The van der Waals surface area contributed by atoms with Crippen molar-refractivity contribution in [1.82, 2.24) is 9.80 Å². The Balaban J connectivity index is 2.02. The number of nitrogens with zero attached hydrogens (tertiary/aromatic N) is 2. The largest absolute Gasteiger partial charge is 0.480 e. The highest BCUT2D eigenvalue weighted by atomic mass is 16.4. The smallest absolute Gasteiger partial charge is 0.326 e. The van der Waals surface area contributed by atoms with Crippen LogP contribution in [0.1, 0.15) is 52.4 Å². The van der Waals surface area contributed by atoms with E-state index >= 15 is 0 Å². The highest BCUT2D eigenvalue weighted by Gasteiger charge is 2.40. The summed E-state index contributed by atoms with van der Waals surface area (Å²) in [5.41, 5.74) is 0. The van der Waals surface area contributed by atoms with Gasteiger partial charge in [-0.25, -0.2) is 9.59 Å². The van der Waals surface area contributed by atoms with E-state index in [1.807, 2.05) is 18.7 Å². The van der Waals surface area contributed by atoms with Crippen molar-refractivity contribution in [2.45, 2.75) is 64.5 Å². The highest BCUT2D eigenvalue weighted by Crippen LogP contribution is 2.27. The van der Waals surface area contributed by atoms with E-state index in [-0.39, 0.29) is 11.9 Å². The molecule has 0 unspecified atom stereocenters. The lowest BCUT2D eigenvalue weighted by molar-refractivity contribution is -0.142. The molecule has 0 bridgehead atoms. The van der Waals surface area contributed by atoms with Crippen molar-refractivity contribution in [3.63, 3.8) is 0 Å². The topological polar surface area (TPSA) is 60.9 Å². The van der Waals surface area contributed by atoms with E-state index in [0.29, 0.717) is 25.6 Å². The highest BCUT2D eigenvalue weighted by molar-refractivity contribution is 5.84. The lowest BCUT2D eigenvalue weighted by Gasteiger charge is -2.32. The van der Waals surface area contributed by atoms with Gasteiger partial charge in [0, 0.05) is 19.1 Å². The molecule has 2 amide bonds. The Morgan fingerprint density at radius 2 is 1.90 bits per heavy atom. The summed E-state index contributed by atoms with van der Waals surface area (Å²) < 4.78 is 0. The molecule has 0 aromatic rings. The third-order valence-corrected chi connectivity index (χ3v) is 4.44. The molecule has 20 heavy (non-hydrogen) atoms. The molecular weight excluding hydrogens is 256 g/mol. The van der Waals surface area contributed by atoms with E-state index in [2.05, 4.69) is 0 Å². The first-order valence-electron chi connectivity index (χ1n) is 7.80. The lowest BCUT2D eigenvalue weighted by Crippen LogP contribution is -2.46. The van der Waals surface area contributed by atoms with Crippen molar-refractivity contribution in [3.8, 4) is 0 Å². The van der Waals surface area contributed by atoms with Crippen LogP contribution in [0.25, 0.3) is 0 Å². The molecule has 1 heterocycles. The molecule has 0 aromatic carbocycles. The third-order valence-electron chi connectivity index (χ3n) is 4.44. The van der Waals surface area contributed by atoms with Crippen molar-refractivity contribution in [3.05, 3.63) is 0 Å². The van der Waals surface area contributed by atoms with Gasteiger partial charge in [0.1, 0.15) is 6.04 Å². The summed E-state index contributed by atoms with van der Waals surface area (Å²) in [6, 6.07) is -0.407. The maximum Gasteiger partial charge on any atom is 0.326 e. The van der Waals surface area contributed by atoms with Gasteiger partial charge in [-0.05, 0) is 25.2 Å². The molecule has 114 valence electrons. The molecule has 1 atom stereocenters. The molecule has 0 radical (unpaired) electrons. The first-order valence-corrected chi connectivity index (χ1v) is 7.80. The molecule has 1 saturated carbocycles. The van der Waals surface area contributed by atoms with Crippen LogP contribution in [-0.4, -0.2) is 52.1 Å². The lowest BCUT2D eigenvalue weighted by atomic mass is 9.94. The zero-order valence-corrected chi connectivity index (χ0v) is 12.5. The van der Waals surface area contributed by atoms with Crippen LogP contribution in [0.3, 0.4) is 0 Å². The maximum atomic E-state index is 12.5. The molecule has 2 fully saturated rings. The van der Waals surface area contributed by atoms with E-state index in [4.69, 9.17) is 0 Å². The molecule has 5 heteroatoms. The van der Waals surface area contributed by atoms with Gasteiger partial charge in [-0.3, -0.25) is 0 Å². The van der Waals surface area contributed by atoms with Crippen LogP contribution in [0.5, 0.6) is 0 Å². The van der Waals surface area contributed by atoms with Gasteiger partial charge in [0.15, 0.2) is 0 Å². The molecule has 1 saturated heterocycles. The number of carboxylic acid groups (broad SMARTS) is 1. The zero-order valence-electron chi connectivity index (χ0n) is 12.5. The summed E-state index contributed by atoms with van der Waals surface area (Å²) in [4.78, 5) is 27.4. The van der Waals surface area contributed by atoms with Gasteiger partial charge in [-0.1, -0.05) is 33.1 Å². The van der Waals surface area contributed by atoms with E-state index in [9.17, 15) is 14.7 Å². The first-order chi connectivity index (χ1) is 9.50. The fourth-order valence-electron chi connectivity index (χ4n) is 3.40. The van der Waals surface area contributed by atoms with E-state index in [0.717, 1.165) is 12.8 Å². The second-order valence-electron chi connectivity index (χ2n) is 6.44. The fraction of sp³-hybridized carbons (Fsp3) is 0.867. The van der Waals surface area contributed by atoms with Crippen LogP contribution < -0.4 is 0 Å². The number of carbonyl (C=O) groups excluding carboxylic acids is 1. The average Bonchev–Trinajstić information content (AvgIpc) is 2.78.